The highest BCUT2D eigenvalue weighted by Crippen LogP contribution is 2.50. The van der Waals surface area contributed by atoms with Crippen molar-refractivity contribution in [3.05, 3.63) is 0 Å². The lowest BCUT2D eigenvalue weighted by Gasteiger charge is -2.24. The molecule has 0 radical (unpaired) electrons. The second-order valence-corrected chi connectivity index (χ2v) is 3.86. The van der Waals surface area contributed by atoms with Gasteiger partial charge in [0.2, 0.25) is 0 Å². The topological polar surface area (TPSA) is 38.5 Å². The normalized spacial score (nSPS) is 34.9. The standard InChI is InChI=1S/C8H16N2O/c1-10-7(6-11-9)2-3-8(10)4-5-8/h7H,2-6,9H2,1H3. The first-order chi connectivity index (χ1) is 5.28. The van der Waals surface area contributed by atoms with E-state index in [0.717, 1.165) is 0 Å². The van der Waals surface area contributed by atoms with Crippen LogP contribution in [0.25, 0.3) is 0 Å². The second kappa shape index (κ2) is 2.44. The monoisotopic (exact) mass is 156 g/mol. The zero-order chi connectivity index (χ0) is 7.90. The van der Waals surface area contributed by atoms with Crippen molar-refractivity contribution in [2.45, 2.75) is 37.3 Å². The maximum atomic E-state index is 5.05. The van der Waals surface area contributed by atoms with Gasteiger partial charge in [0.1, 0.15) is 0 Å². The van der Waals surface area contributed by atoms with Crippen molar-refractivity contribution in [2.24, 2.45) is 5.90 Å². The SMILES string of the molecule is CN1C(CON)CCC12CC2. The van der Waals surface area contributed by atoms with Gasteiger partial charge in [-0.25, -0.2) is 5.90 Å². The summed E-state index contributed by atoms with van der Waals surface area (Å²) in [5.74, 6) is 5.05. The minimum atomic E-state index is 0.572. The Kier molecular flexibility index (Phi) is 1.67. The molecular formula is C8H16N2O. The number of nitrogens with zero attached hydrogens (tertiary/aromatic N) is 1. The molecule has 1 saturated heterocycles. The van der Waals surface area contributed by atoms with Crippen LogP contribution < -0.4 is 5.90 Å². The number of hydrogen-bond acceptors (Lipinski definition) is 3. The molecule has 0 bridgehead atoms. The molecule has 2 rings (SSSR count). The predicted octanol–water partition coefficient (Wildman–Crippen LogP) is 0.503. The maximum absolute atomic E-state index is 5.05. The molecule has 1 heterocycles. The van der Waals surface area contributed by atoms with E-state index in [2.05, 4.69) is 16.8 Å². The summed E-state index contributed by atoms with van der Waals surface area (Å²) in [5, 5.41) is 0. The van der Waals surface area contributed by atoms with Gasteiger partial charge < -0.3 is 4.84 Å². The second-order valence-electron chi connectivity index (χ2n) is 3.86. The third-order valence-electron chi connectivity index (χ3n) is 3.35. The van der Waals surface area contributed by atoms with Crippen LogP contribution in [0.2, 0.25) is 0 Å². The van der Waals surface area contributed by atoms with E-state index in [-0.39, 0.29) is 0 Å². The first kappa shape index (κ1) is 7.53. The molecule has 1 atom stereocenters. The smallest absolute Gasteiger partial charge is 0.0834 e. The van der Waals surface area contributed by atoms with E-state index in [9.17, 15) is 0 Å². The molecule has 1 unspecified atom stereocenters. The molecule has 0 aromatic rings. The van der Waals surface area contributed by atoms with Gasteiger partial charge in [-0.2, -0.15) is 0 Å². The summed E-state index contributed by atoms with van der Waals surface area (Å²) in [5.41, 5.74) is 0.573. The fourth-order valence-corrected chi connectivity index (χ4v) is 2.25. The first-order valence-electron chi connectivity index (χ1n) is 4.33. The maximum Gasteiger partial charge on any atom is 0.0834 e. The quantitative estimate of drug-likeness (QED) is 0.592. The van der Waals surface area contributed by atoms with Gasteiger partial charge in [-0.15, -0.1) is 0 Å². The molecule has 3 heteroatoms. The van der Waals surface area contributed by atoms with Crippen LogP contribution in [0.3, 0.4) is 0 Å². The third-order valence-corrected chi connectivity index (χ3v) is 3.35. The molecule has 64 valence electrons. The van der Waals surface area contributed by atoms with Gasteiger partial charge in [0.05, 0.1) is 6.61 Å². The minimum absolute atomic E-state index is 0.572. The van der Waals surface area contributed by atoms with Gasteiger partial charge >= 0.3 is 0 Å². The Bertz CT molecular complexity index is 156. The van der Waals surface area contributed by atoms with Crippen molar-refractivity contribution >= 4 is 0 Å². The molecule has 1 aliphatic heterocycles. The molecular weight excluding hydrogens is 140 g/mol. The summed E-state index contributed by atoms with van der Waals surface area (Å²) in [7, 11) is 2.20. The average molecular weight is 156 g/mol. The van der Waals surface area contributed by atoms with Crippen molar-refractivity contribution in [2.75, 3.05) is 13.7 Å². The number of likely N-dealkylation sites (N-methyl/N-ethyl adjacent to an activating group) is 1. The number of hydrogen-bond donors (Lipinski definition) is 1. The summed E-state index contributed by atoms with van der Waals surface area (Å²) < 4.78 is 0. The molecule has 1 aliphatic carbocycles. The molecule has 2 fully saturated rings. The van der Waals surface area contributed by atoms with Crippen LogP contribution in [0.15, 0.2) is 0 Å². The summed E-state index contributed by atoms with van der Waals surface area (Å²) in [4.78, 5) is 7.13. The lowest BCUT2D eigenvalue weighted by molar-refractivity contribution is 0.0737. The van der Waals surface area contributed by atoms with E-state index in [4.69, 9.17) is 5.90 Å². The molecule has 1 saturated carbocycles. The first-order valence-corrected chi connectivity index (χ1v) is 4.33. The average Bonchev–Trinajstić information content (AvgIpc) is 2.71. The Morgan fingerprint density at radius 2 is 2.27 bits per heavy atom. The van der Waals surface area contributed by atoms with Crippen LogP contribution in [0, 0.1) is 0 Å². The van der Waals surface area contributed by atoms with Crippen molar-refractivity contribution < 1.29 is 4.84 Å². The van der Waals surface area contributed by atoms with Crippen LogP contribution in [0.1, 0.15) is 25.7 Å². The van der Waals surface area contributed by atoms with Gasteiger partial charge in [-0.3, -0.25) is 4.90 Å². The summed E-state index contributed by atoms with van der Waals surface area (Å²) in [6, 6.07) is 0.572. The lowest BCUT2D eigenvalue weighted by atomic mass is 10.2. The third kappa shape index (κ3) is 1.08. The van der Waals surface area contributed by atoms with Crippen molar-refractivity contribution in [1.29, 1.82) is 0 Å². The molecule has 1 spiro atoms. The fraction of sp³-hybridized carbons (Fsp3) is 1.00. The molecule has 2 aliphatic rings. The van der Waals surface area contributed by atoms with Crippen molar-refractivity contribution in [1.82, 2.24) is 4.90 Å². The number of likely N-dealkylation sites (tertiary alicyclic amines) is 1. The van der Waals surface area contributed by atoms with Gasteiger partial charge in [0.15, 0.2) is 0 Å². The van der Waals surface area contributed by atoms with E-state index >= 15 is 0 Å². The van der Waals surface area contributed by atoms with Crippen molar-refractivity contribution in [3.8, 4) is 0 Å². The minimum Gasteiger partial charge on any atom is -0.303 e. The number of rotatable bonds is 2. The Morgan fingerprint density at radius 3 is 2.73 bits per heavy atom. The molecule has 0 aromatic heterocycles. The van der Waals surface area contributed by atoms with Crippen LogP contribution >= 0.6 is 0 Å². The largest absolute Gasteiger partial charge is 0.303 e. The summed E-state index contributed by atoms with van der Waals surface area (Å²) in [6.45, 7) is 0.693. The summed E-state index contributed by atoms with van der Waals surface area (Å²) in [6.07, 6.45) is 5.36. The van der Waals surface area contributed by atoms with Gasteiger partial charge in [-0.05, 0) is 32.7 Å². The molecule has 0 aromatic carbocycles. The lowest BCUT2D eigenvalue weighted by Crippen LogP contribution is -2.37. The Morgan fingerprint density at radius 1 is 1.55 bits per heavy atom. The van der Waals surface area contributed by atoms with Gasteiger partial charge in [-0.1, -0.05) is 0 Å². The molecule has 0 amide bonds. The highest BCUT2D eigenvalue weighted by atomic mass is 16.6. The Labute approximate surface area is 67.4 Å². The van der Waals surface area contributed by atoms with E-state index < -0.39 is 0 Å². The Hall–Kier alpha value is -0.120. The van der Waals surface area contributed by atoms with Gasteiger partial charge in [0, 0.05) is 11.6 Å². The van der Waals surface area contributed by atoms with Gasteiger partial charge in [0.25, 0.3) is 0 Å². The Balaban J connectivity index is 1.95. The summed E-state index contributed by atoms with van der Waals surface area (Å²) >= 11 is 0. The zero-order valence-electron chi connectivity index (χ0n) is 7.05. The molecule has 11 heavy (non-hydrogen) atoms. The van der Waals surface area contributed by atoms with Crippen LogP contribution in [0.4, 0.5) is 0 Å². The highest BCUT2D eigenvalue weighted by molar-refractivity contribution is 5.09. The van der Waals surface area contributed by atoms with Crippen LogP contribution in [-0.2, 0) is 4.84 Å². The molecule has 2 N–H and O–H groups in total. The van der Waals surface area contributed by atoms with E-state index in [1.54, 1.807) is 0 Å². The van der Waals surface area contributed by atoms with Crippen molar-refractivity contribution in [3.63, 3.8) is 0 Å². The van der Waals surface area contributed by atoms with E-state index in [1.807, 2.05) is 0 Å². The highest BCUT2D eigenvalue weighted by Gasteiger charge is 2.52. The van der Waals surface area contributed by atoms with E-state index in [0.29, 0.717) is 18.2 Å². The fourth-order valence-electron chi connectivity index (χ4n) is 2.25. The van der Waals surface area contributed by atoms with Crippen LogP contribution in [0.5, 0.6) is 0 Å². The van der Waals surface area contributed by atoms with Crippen LogP contribution in [-0.4, -0.2) is 30.1 Å². The number of nitrogens with two attached hydrogens (primary N) is 1. The van der Waals surface area contributed by atoms with E-state index in [1.165, 1.54) is 25.7 Å². The molecule has 3 nitrogen and oxygen atoms in total. The zero-order valence-corrected chi connectivity index (χ0v) is 7.05. The predicted molar refractivity (Wildman–Crippen MR) is 42.9 cm³/mol.